The quantitative estimate of drug-likeness (QED) is 0.224. The van der Waals surface area contributed by atoms with Crippen LogP contribution in [0.3, 0.4) is 0 Å². The summed E-state index contributed by atoms with van der Waals surface area (Å²) in [6, 6.07) is 23.4. The number of hydrogen-bond donors (Lipinski definition) is 0. The van der Waals surface area contributed by atoms with Crippen molar-refractivity contribution < 1.29 is 4.32 Å². The summed E-state index contributed by atoms with van der Waals surface area (Å²) in [5.74, 6) is 0. The fraction of sp³-hybridized carbons (Fsp3) is 0.273. The van der Waals surface area contributed by atoms with Crippen LogP contribution in [-0.2, 0) is 5.41 Å². The van der Waals surface area contributed by atoms with E-state index in [0.717, 1.165) is 33.2 Å². The lowest BCUT2D eigenvalue weighted by Crippen LogP contribution is -2.44. The third-order valence-electron chi connectivity index (χ3n) is 7.54. The highest BCUT2D eigenvalue weighted by molar-refractivity contribution is 9.10. The Hall–Kier alpha value is -2.65. The van der Waals surface area contributed by atoms with Gasteiger partial charge in [-0.15, -0.1) is 0 Å². The molecule has 1 aliphatic carbocycles. The smallest absolute Gasteiger partial charge is 0.322 e. The standard InChI is InChI=1S/C18H22BF.C15H13Br/c1-11-7-13(3)17(14(4)8-11)19(20)18-15(5)9-12(2)10-16(18)6;1-15(2)11-7-4-3-6-10(11)14-12(15)8-5-9-13(14)16/h7-10H,1-6H3;3-9H,1-2H3. The monoisotopic (exact) mass is 540 g/mol. The van der Waals surface area contributed by atoms with Gasteiger partial charge in [0.15, 0.2) is 0 Å². The van der Waals surface area contributed by atoms with Crippen molar-refractivity contribution in [1.29, 1.82) is 0 Å². The summed E-state index contributed by atoms with van der Waals surface area (Å²) in [6.07, 6.45) is 0. The second kappa shape index (κ2) is 10.0. The molecule has 4 aromatic rings. The molecule has 0 saturated heterocycles. The van der Waals surface area contributed by atoms with Gasteiger partial charge in [-0.1, -0.05) is 124 Å². The molecular formula is C33H35BBrF. The summed E-state index contributed by atoms with van der Waals surface area (Å²) < 4.78 is 16.4. The molecule has 0 amide bonds. The Morgan fingerprint density at radius 1 is 0.639 bits per heavy atom. The van der Waals surface area contributed by atoms with Gasteiger partial charge in [-0.05, 0) is 75.2 Å². The molecule has 1 aliphatic rings. The fourth-order valence-electron chi connectivity index (χ4n) is 6.04. The first-order chi connectivity index (χ1) is 16.9. The van der Waals surface area contributed by atoms with E-state index in [1.165, 1.54) is 37.9 Å². The molecule has 0 fully saturated rings. The molecule has 3 heteroatoms. The molecule has 0 nitrogen and oxygen atoms in total. The summed E-state index contributed by atoms with van der Waals surface area (Å²) >= 11 is 3.67. The first kappa shape index (κ1) is 26.4. The van der Waals surface area contributed by atoms with Gasteiger partial charge in [0, 0.05) is 15.5 Å². The third-order valence-corrected chi connectivity index (χ3v) is 8.20. The van der Waals surface area contributed by atoms with Gasteiger partial charge in [0.05, 0.1) is 0 Å². The lowest BCUT2D eigenvalue weighted by molar-refractivity contribution is 0.660. The Morgan fingerprint density at radius 2 is 1.08 bits per heavy atom. The zero-order valence-electron chi connectivity index (χ0n) is 22.7. The van der Waals surface area contributed by atoms with Gasteiger partial charge < -0.3 is 4.32 Å². The molecular weight excluding hydrogens is 506 g/mol. The van der Waals surface area contributed by atoms with E-state index in [2.05, 4.69) is 110 Å². The van der Waals surface area contributed by atoms with Crippen LogP contribution in [0.1, 0.15) is 58.4 Å². The highest BCUT2D eigenvalue weighted by Gasteiger charge is 2.35. The predicted octanol–water partition coefficient (Wildman–Crippen LogP) is 8.37. The molecule has 0 aliphatic heterocycles. The molecule has 0 N–H and O–H groups in total. The van der Waals surface area contributed by atoms with Crippen molar-refractivity contribution in [3.05, 3.63) is 116 Å². The van der Waals surface area contributed by atoms with Gasteiger partial charge in [0.25, 0.3) is 0 Å². The van der Waals surface area contributed by atoms with Crippen LogP contribution in [-0.4, -0.2) is 6.99 Å². The Balaban J connectivity index is 0.000000173. The third kappa shape index (κ3) is 4.71. The number of rotatable bonds is 2. The Morgan fingerprint density at radius 3 is 1.58 bits per heavy atom. The molecule has 0 radical (unpaired) electrons. The first-order valence-electron chi connectivity index (χ1n) is 12.6. The molecule has 0 atom stereocenters. The maximum absolute atomic E-state index is 15.2. The lowest BCUT2D eigenvalue weighted by atomic mass is 9.53. The van der Waals surface area contributed by atoms with Gasteiger partial charge >= 0.3 is 6.99 Å². The Bertz CT molecular complexity index is 1350. The molecule has 0 aromatic heterocycles. The van der Waals surface area contributed by atoms with Crippen molar-refractivity contribution in [3.8, 4) is 11.1 Å². The number of fused-ring (bicyclic) bond motifs is 3. The van der Waals surface area contributed by atoms with E-state index < -0.39 is 6.99 Å². The van der Waals surface area contributed by atoms with Crippen LogP contribution >= 0.6 is 15.9 Å². The van der Waals surface area contributed by atoms with E-state index in [4.69, 9.17) is 0 Å². The average molecular weight is 541 g/mol. The van der Waals surface area contributed by atoms with E-state index in [-0.39, 0.29) is 5.41 Å². The number of halogens is 2. The Kier molecular flexibility index (Phi) is 7.35. The topological polar surface area (TPSA) is 0 Å². The zero-order chi connectivity index (χ0) is 26.4. The molecule has 0 unspecified atom stereocenters. The van der Waals surface area contributed by atoms with E-state index in [1.807, 2.05) is 27.7 Å². The normalized spacial score (nSPS) is 12.9. The lowest BCUT2D eigenvalue weighted by Gasteiger charge is -2.21. The summed E-state index contributed by atoms with van der Waals surface area (Å²) in [4.78, 5) is 0. The maximum atomic E-state index is 15.2. The van der Waals surface area contributed by atoms with Crippen molar-refractivity contribution in [2.24, 2.45) is 0 Å². The number of benzene rings is 4. The minimum Gasteiger partial charge on any atom is -0.322 e. The van der Waals surface area contributed by atoms with Crippen LogP contribution in [0, 0.1) is 41.5 Å². The van der Waals surface area contributed by atoms with Crippen LogP contribution in [0.25, 0.3) is 11.1 Å². The first-order valence-corrected chi connectivity index (χ1v) is 13.4. The highest BCUT2D eigenvalue weighted by atomic mass is 79.9. The van der Waals surface area contributed by atoms with Crippen LogP contribution in [0.15, 0.2) is 71.2 Å². The summed E-state index contributed by atoms with van der Waals surface area (Å²) in [5.41, 5.74) is 13.9. The molecule has 0 bridgehead atoms. The molecule has 4 aromatic carbocycles. The summed E-state index contributed by atoms with van der Waals surface area (Å²) in [7, 11) is 0. The average Bonchev–Trinajstić information content (AvgIpc) is 3.01. The number of hydrogen-bond acceptors (Lipinski definition) is 0. The van der Waals surface area contributed by atoms with Crippen molar-refractivity contribution in [2.75, 3.05) is 0 Å². The van der Waals surface area contributed by atoms with Crippen molar-refractivity contribution in [2.45, 2.75) is 60.8 Å². The molecule has 5 rings (SSSR count). The van der Waals surface area contributed by atoms with Crippen molar-refractivity contribution in [3.63, 3.8) is 0 Å². The highest BCUT2D eigenvalue weighted by Crippen LogP contribution is 2.50. The summed E-state index contributed by atoms with van der Waals surface area (Å²) in [5, 5.41) is 0. The van der Waals surface area contributed by atoms with E-state index in [0.29, 0.717) is 0 Å². The predicted molar refractivity (Wildman–Crippen MR) is 159 cm³/mol. The van der Waals surface area contributed by atoms with Gasteiger partial charge in [-0.2, -0.15) is 0 Å². The molecule has 0 heterocycles. The van der Waals surface area contributed by atoms with Crippen LogP contribution < -0.4 is 10.9 Å². The molecule has 184 valence electrons. The van der Waals surface area contributed by atoms with Gasteiger partial charge in [-0.3, -0.25) is 0 Å². The van der Waals surface area contributed by atoms with Crippen LogP contribution in [0.2, 0.25) is 0 Å². The summed E-state index contributed by atoms with van der Waals surface area (Å²) in [6.45, 7) is 15.7. The maximum Gasteiger partial charge on any atom is 0.414 e. The molecule has 36 heavy (non-hydrogen) atoms. The van der Waals surface area contributed by atoms with Crippen LogP contribution in [0.5, 0.6) is 0 Å². The molecule has 0 saturated carbocycles. The van der Waals surface area contributed by atoms with E-state index in [1.54, 1.807) is 0 Å². The minimum absolute atomic E-state index is 0.121. The van der Waals surface area contributed by atoms with E-state index in [9.17, 15) is 0 Å². The zero-order valence-corrected chi connectivity index (χ0v) is 24.3. The Labute approximate surface area is 225 Å². The van der Waals surface area contributed by atoms with Crippen LogP contribution in [0.4, 0.5) is 4.32 Å². The van der Waals surface area contributed by atoms with Gasteiger partial charge in [0.1, 0.15) is 0 Å². The van der Waals surface area contributed by atoms with Gasteiger partial charge in [-0.25, -0.2) is 0 Å². The largest absolute Gasteiger partial charge is 0.414 e. The minimum atomic E-state index is -1.05. The SMILES string of the molecule is CC1(C)c2ccccc2-c2c(Br)cccc21.Cc1cc(C)c(B(F)c2c(C)cc(C)cc2C)c(C)c1. The van der Waals surface area contributed by atoms with Crippen molar-refractivity contribution in [1.82, 2.24) is 0 Å². The van der Waals surface area contributed by atoms with Crippen molar-refractivity contribution >= 4 is 33.8 Å². The molecule has 0 spiro atoms. The second-order valence-corrected chi connectivity index (χ2v) is 11.7. The number of aryl methyl sites for hydroxylation is 6. The van der Waals surface area contributed by atoms with E-state index >= 15 is 4.32 Å². The fourth-order valence-corrected chi connectivity index (χ4v) is 6.62. The second-order valence-electron chi connectivity index (χ2n) is 10.8. The van der Waals surface area contributed by atoms with Gasteiger partial charge in [0.2, 0.25) is 0 Å².